The van der Waals surface area contributed by atoms with E-state index in [1.54, 1.807) is 0 Å². The van der Waals surface area contributed by atoms with Crippen LogP contribution in [0, 0.1) is 0 Å². The van der Waals surface area contributed by atoms with Gasteiger partial charge in [0.1, 0.15) is 0 Å². The number of alkyl halides is 1. The molecule has 0 aromatic heterocycles. The molecule has 0 radical (unpaired) electrons. The van der Waals surface area contributed by atoms with Crippen LogP contribution in [-0.4, -0.2) is 0 Å². The fourth-order valence-corrected chi connectivity index (χ4v) is 2.29. The third-order valence-corrected chi connectivity index (χ3v) is 4.09. The fraction of sp³-hybridized carbons (Fsp3) is 0.111. The standard InChI is InChI=1S/C9H6Br2/c10-8-5-6-3-1-2-4-7(6)9(8)11/h1-5,9H. The Bertz CT molecular complexity index is 315. The largest absolute Gasteiger partial charge is 0.0780 e. The van der Waals surface area contributed by atoms with Gasteiger partial charge in [0.05, 0.1) is 4.83 Å². The van der Waals surface area contributed by atoms with Gasteiger partial charge < -0.3 is 0 Å². The summed E-state index contributed by atoms with van der Waals surface area (Å²) in [4.78, 5) is 0.360. The average molecular weight is 274 g/mol. The van der Waals surface area contributed by atoms with Gasteiger partial charge in [-0.25, -0.2) is 0 Å². The minimum atomic E-state index is 0.360. The number of fused-ring (bicyclic) bond motifs is 1. The van der Waals surface area contributed by atoms with E-state index >= 15 is 0 Å². The minimum absolute atomic E-state index is 0.360. The summed E-state index contributed by atoms with van der Waals surface area (Å²) < 4.78 is 1.21. The zero-order chi connectivity index (χ0) is 7.84. The molecule has 0 fully saturated rings. The molecular weight excluding hydrogens is 268 g/mol. The zero-order valence-electron chi connectivity index (χ0n) is 5.72. The second-order valence-electron chi connectivity index (χ2n) is 2.52. The van der Waals surface area contributed by atoms with E-state index in [-0.39, 0.29) is 0 Å². The molecule has 0 nitrogen and oxygen atoms in total. The molecule has 0 amide bonds. The Morgan fingerprint density at radius 3 is 2.64 bits per heavy atom. The first kappa shape index (κ1) is 7.56. The fourth-order valence-electron chi connectivity index (χ4n) is 1.24. The van der Waals surface area contributed by atoms with Gasteiger partial charge in [0.15, 0.2) is 0 Å². The highest BCUT2D eigenvalue weighted by Gasteiger charge is 2.19. The van der Waals surface area contributed by atoms with Crippen LogP contribution >= 0.6 is 31.9 Å². The van der Waals surface area contributed by atoms with E-state index < -0.39 is 0 Å². The van der Waals surface area contributed by atoms with E-state index in [1.165, 1.54) is 15.6 Å². The Balaban J connectivity index is 2.58. The Kier molecular flexibility index (Phi) is 1.90. The van der Waals surface area contributed by atoms with Crippen LogP contribution in [0.15, 0.2) is 28.7 Å². The summed E-state index contributed by atoms with van der Waals surface area (Å²) in [6.07, 6.45) is 2.15. The van der Waals surface area contributed by atoms with Crippen LogP contribution in [-0.2, 0) is 0 Å². The van der Waals surface area contributed by atoms with Crippen molar-refractivity contribution >= 4 is 37.9 Å². The number of benzene rings is 1. The van der Waals surface area contributed by atoms with Crippen LogP contribution in [0.25, 0.3) is 6.08 Å². The molecule has 2 rings (SSSR count). The molecule has 0 spiro atoms. The molecular formula is C9H6Br2. The Hall–Kier alpha value is -0.0800. The van der Waals surface area contributed by atoms with Gasteiger partial charge in [-0.05, 0) is 17.2 Å². The Morgan fingerprint density at radius 2 is 1.91 bits per heavy atom. The van der Waals surface area contributed by atoms with E-state index in [9.17, 15) is 0 Å². The van der Waals surface area contributed by atoms with Crippen molar-refractivity contribution in [3.8, 4) is 0 Å². The number of rotatable bonds is 0. The molecule has 11 heavy (non-hydrogen) atoms. The molecule has 1 unspecified atom stereocenters. The monoisotopic (exact) mass is 272 g/mol. The minimum Gasteiger partial charge on any atom is -0.0780 e. The topological polar surface area (TPSA) is 0 Å². The van der Waals surface area contributed by atoms with E-state index in [2.05, 4.69) is 62.2 Å². The van der Waals surface area contributed by atoms with Crippen molar-refractivity contribution in [3.05, 3.63) is 39.9 Å². The van der Waals surface area contributed by atoms with Gasteiger partial charge in [-0.15, -0.1) is 0 Å². The summed E-state index contributed by atoms with van der Waals surface area (Å²) >= 11 is 7.09. The first-order valence-electron chi connectivity index (χ1n) is 3.39. The highest BCUT2D eigenvalue weighted by atomic mass is 79.9. The van der Waals surface area contributed by atoms with Crippen molar-refractivity contribution in [2.45, 2.75) is 4.83 Å². The lowest BCUT2D eigenvalue weighted by Crippen LogP contribution is -1.83. The van der Waals surface area contributed by atoms with Crippen molar-refractivity contribution in [2.24, 2.45) is 0 Å². The molecule has 1 aromatic rings. The van der Waals surface area contributed by atoms with Gasteiger partial charge in [0.2, 0.25) is 0 Å². The molecule has 1 aliphatic rings. The maximum Gasteiger partial charge on any atom is 0.0716 e. The normalized spacial score (nSPS) is 21.3. The van der Waals surface area contributed by atoms with Crippen LogP contribution in [0.3, 0.4) is 0 Å². The smallest absolute Gasteiger partial charge is 0.0716 e. The van der Waals surface area contributed by atoms with E-state index in [4.69, 9.17) is 0 Å². The maximum absolute atomic E-state index is 3.59. The molecule has 0 saturated carbocycles. The van der Waals surface area contributed by atoms with Crippen molar-refractivity contribution < 1.29 is 0 Å². The second kappa shape index (κ2) is 2.76. The van der Waals surface area contributed by atoms with Gasteiger partial charge in [0.25, 0.3) is 0 Å². The zero-order valence-corrected chi connectivity index (χ0v) is 8.89. The van der Waals surface area contributed by atoms with Crippen LogP contribution in [0.4, 0.5) is 0 Å². The Labute approximate surface area is 82.6 Å². The van der Waals surface area contributed by atoms with Crippen molar-refractivity contribution in [3.63, 3.8) is 0 Å². The summed E-state index contributed by atoms with van der Waals surface area (Å²) in [7, 11) is 0. The van der Waals surface area contributed by atoms with Gasteiger partial charge in [-0.3, -0.25) is 0 Å². The quantitative estimate of drug-likeness (QED) is 0.630. The lowest BCUT2D eigenvalue weighted by atomic mass is 10.1. The van der Waals surface area contributed by atoms with E-state index in [0.717, 1.165) is 0 Å². The number of allylic oxidation sites excluding steroid dienone is 1. The SMILES string of the molecule is BrC1=Cc2ccccc2C1Br. The van der Waals surface area contributed by atoms with Gasteiger partial charge in [0, 0.05) is 4.48 Å². The summed E-state index contributed by atoms with van der Waals surface area (Å²) in [6.45, 7) is 0. The van der Waals surface area contributed by atoms with Crippen molar-refractivity contribution in [1.29, 1.82) is 0 Å². The van der Waals surface area contributed by atoms with E-state index in [0.29, 0.717) is 4.83 Å². The highest BCUT2D eigenvalue weighted by Crippen LogP contribution is 2.43. The molecule has 0 saturated heterocycles. The first-order chi connectivity index (χ1) is 5.29. The Morgan fingerprint density at radius 1 is 1.18 bits per heavy atom. The lowest BCUT2D eigenvalue weighted by Gasteiger charge is -2.02. The van der Waals surface area contributed by atoms with Crippen molar-refractivity contribution in [2.75, 3.05) is 0 Å². The summed E-state index contributed by atoms with van der Waals surface area (Å²) in [5, 5.41) is 0. The third kappa shape index (κ3) is 1.18. The predicted molar refractivity (Wildman–Crippen MR) is 55.0 cm³/mol. The van der Waals surface area contributed by atoms with Gasteiger partial charge in [-0.1, -0.05) is 56.1 Å². The van der Waals surface area contributed by atoms with Gasteiger partial charge in [-0.2, -0.15) is 0 Å². The van der Waals surface area contributed by atoms with Crippen LogP contribution in [0.2, 0.25) is 0 Å². The summed E-state index contributed by atoms with van der Waals surface area (Å²) in [6, 6.07) is 8.38. The number of halogens is 2. The van der Waals surface area contributed by atoms with Crippen LogP contribution < -0.4 is 0 Å². The van der Waals surface area contributed by atoms with Crippen LogP contribution in [0.1, 0.15) is 16.0 Å². The highest BCUT2D eigenvalue weighted by molar-refractivity contribution is 9.13. The molecule has 0 heterocycles. The number of hydrogen-bond acceptors (Lipinski definition) is 0. The average Bonchev–Trinajstić information content (AvgIpc) is 2.30. The molecule has 2 heteroatoms. The second-order valence-corrected chi connectivity index (χ2v) is 4.35. The summed E-state index contributed by atoms with van der Waals surface area (Å²) in [5.41, 5.74) is 2.65. The molecule has 1 aromatic carbocycles. The predicted octanol–water partition coefficient (Wildman–Crippen LogP) is 3.87. The number of hydrogen-bond donors (Lipinski definition) is 0. The lowest BCUT2D eigenvalue weighted by molar-refractivity contribution is 1.28. The molecule has 1 atom stereocenters. The van der Waals surface area contributed by atoms with Crippen LogP contribution in [0.5, 0.6) is 0 Å². The maximum atomic E-state index is 3.59. The van der Waals surface area contributed by atoms with E-state index in [1.807, 2.05) is 0 Å². The molecule has 0 bridgehead atoms. The molecule has 56 valence electrons. The van der Waals surface area contributed by atoms with Crippen molar-refractivity contribution in [1.82, 2.24) is 0 Å². The molecule has 0 aliphatic heterocycles. The molecule has 0 N–H and O–H groups in total. The first-order valence-corrected chi connectivity index (χ1v) is 5.10. The summed E-state index contributed by atoms with van der Waals surface area (Å²) in [5.74, 6) is 0. The third-order valence-electron chi connectivity index (χ3n) is 1.80. The van der Waals surface area contributed by atoms with Gasteiger partial charge >= 0.3 is 0 Å². The molecule has 1 aliphatic carbocycles.